The molecule has 10 nitrogen and oxygen atoms in total. The summed E-state index contributed by atoms with van der Waals surface area (Å²) in [6.07, 6.45) is -1.18. The molecule has 4 atom stereocenters. The Balaban J connectivity index is 1.75. The van der Waals surface area contributed by atoms with Crippen LogP contribution in [0.25, 0.3) is 0 Å². The summed E-state index contributed by atoms with van der Waals surface area (Å²) >= 11 is 2.10. The van der Waals surface area contributed by atoms with Gasteiger partial charge >= 0.3 is 5.97 Å². The summed E-state index contributed by atoms with van der Waals surface area (Å²) in [6.45, 7) is 5.46. The first-order chi connectivity index (χ1) is 16.2. The maximum Gasteiger partial charge on any atom is 0.328 e. The van der Waals surface area contributed by atoms with E-state index < -0.39 is 35.1 Å². The molecule has 0 spiro atoms. The fraction of sp³-hybridized carbons (Fsp3) is 0.261. The summed E-state index contributed by atoms with van der Waals surface area (Å²) in [4.78, 5) is 47.8. The van der Waals surface area contributed by atoms with E-state index in [1.807, 2.05) is 6.07 Å². The summed E-state index contributed by atoms with van der Waals surface area (Å²) in [5, 5.41) is 13.4. The molecule has 1 saturated heterocycles. The molecular formula is C23H22IN3O7. The van der Waals surface area contributed by atoms with E-state index in [1.165, 1.54) is 24.3 Å². The number of likely N-dealkylation sites (tertiary alicyclic amines) is 1. The monoisotopic (exact) mass is 579 g/mol. The van der Waals surface area contributed by atoms with Crippen molar-refractivity contribution in [3.63, 3.8) is 0 Å². The second kappa shape index (κ2) is 11.2. The Morgan fingerprint density at radius 2 is 1.88 bits per heavy atom. The molecule has 178 valence electrons. The Bertz CT molecular complexity index is 1080. The second-order valence-corrected chi connectivity index (χ2v) is 8.84. The Kier molecular flexibility index (Phi) is 8.34. The number of hydrogen-bond acceptors (Lipinski definition) is 8. The largest absolute Gasteiger partial charge is 0.484 e. The molecule has 11 heteroatoms. The van der Waals surface area contributed by atoms with E-state index in [1.54, 1.807) is 36.1 Å². The zero-order valence-electron chi connectivity index (χ0n) is 18.1. The molecule has 2 aromatic carbocycles. The van der Waals surface area contributed by atoms with Crippen molar-refractivity contribution in [2.45, 2.75) is 35.9 Å². The smallest absolute Gasteiger partial charge is 0.328 e. The summed E-state index contributed by atoms with van der Waals surface area (Å²) in [6, 6.07) is 13.7. The Morgan fingerprint density at radius 3 is 2.44 bits per heavy atom. The first-order valence-electron chi connectivity index (χ1n) is 10.2. The zero-order valence-corrected chi connectivity index (χ0v) is 20.3. The fourth-order valence-electron chi connectivity index (χ4n) is 3.48. The number of rotatable bonds is 10. The van der Waals surface area contributed by atoms with E-state index in [0.29, 0.717) is 16.9 Å². The highest BCUT2D eigenvalue weighted by molar-refractivity contribution is 14.1. The van der Waals surface area contributed by atoms with Gasteiger partial charge in [0, 0.05) is 12.1 Å². The number of benzene rings is 2. The molecule has 1 N–H and O–H groups in total. The quantitative estimate of drug-likeness (QED) is 0.0524. The molecule has 0 saturated carbocycles. The summed E-state index contributed by atoms with van der Waals surface area (Å²) in [5.74, 6) is -0.887. The number of ether oxygens (including phenoxy) is 2. The number of para-hydroxylation sites is 1. The lowest BCUT2D eigenvalue weighted by Crippen LogP contribution is -2.76. The number of aldehydes is 1. The molecule has 0 bridgehead atoms. The lowest BCUT2D eigenvalue weighted by molar-refractivity contribution is -0.384. The highest BCUT2D eigenvalue weighted by atomic mass is 127. The average molecular weight is 579 g/mol. The van der Waals surface area contributed by atoms with Crippen LogP contribution in [-0.4, -0.2) is 50.3 Å². The summed E-state index contributed by atoms with van der Waals surface area (Å²) < 4.78 is 11.1. The lowest BCUT2D eigenvalue weighted by atomic mass is 9.98. The Hall–Kier alpha value is -3.32. The third-order valence-electron chi connectivity index (χ3n) is 5.12. The second-order valence-electron chi connectivity index (χ2n) is 7.57. The molecule has 34 heavy (non-hydrogen) atoms. The van der Waals surface area contributed by atoms with Gasteiger partial charge < -0.3 is 14.8 Å². The SMILES string of the molecule is C=C(C)C(C(=O)OCc1ccc([N+](=O)[O-])cc1)N1C(I)C(Oc2ccccc2)C1NC(=O)C=O. The molecule has 2 aromatic rings. The van der Waals surface area contributed by atoms with Crippen LogP contribution in [0.15, 0.2) is 66.7 Å². The number of carbonyl (C=O) groups excluding carboxylic acids is 3. The topological polar surface area (TPSA) is 128 Å². The molecule has 0 aliphatic carbocycles. The number of amides is 1. The predicted molar refractivity (Wildman–Crippen MR) is 130 cm³/mol. The highest BCUT2D eigenvalue weighted by Crippen LogP contribution is 2.37. The van der Waals surface area contributed by atoms with Crippen molar-refractivity contribution < 1.29 is 28.8 Å². The minimum absolute atomic E-state index is 0.0681. The molecular weight excluding hydrogens is 557 g/mol. The van der Waals surface area contributed by atoms with Gasteiger partial charge in [0.1, 0.15) is 28.6 Å². The van der Waals surface area contributed by atoms with Crippen molar-refractivity contribution in [1.29, 1.82) is 0 Å². The number of non-ortho nitro benzene ring substituents is 1. The maximum absolute atomic E-state index is 13.0. The first kappa shape index (κ1) is 25.3. The normalized spacial score (nSPS) is 20.4. The van der Waals surface area contributed by atoms with Crippen LogP contribution in [0.3, 0.4) is 0 Å². The van der Waals surface area contributed by atoms with Crippen molar-refractivity contribution >= 4 is 46.4 Å². The van der Waals surface area contributed by atoms with Gasteiger partial charge in [-0.2, -0.15) is 0 Å². The fourth-order valence-corrected chi connectivity index (χ4v) is 4.69. The van der Waals surface area contributed by atoms with Crippen molar-refractivity contribution in [1.82, 2.24) is 10.2 Å². The van der Waals surface area contributed by atoms with Gasteiger partial charge in [0.05, 0.1) is 4.92 Å². The van der Waals surface area contributed by atoms with Gasteiger partial charge in [-0.15, -0.1) is 0 Å². The van der Waals surface area contributed by atoms with Gasteiger partial charge in [-0.3, -0.25) is 19.7 Å². The Morgan fingerprint density at radius 1 is 1.24 bits per heavy atom. The summed E-state index contributed by atoms with van der Waals surface area (Å²) in [7, 11) is 0. The van der Waals surface area contributed by atoms with Crippen LogP contribution in [0.2, 0.25) is 0 Å². The van der Waals surface area contributed by atoms with Crippen LogP contribution in [0.5, 0.6) is 5.75 Å². The minimum Gasteiger partial charge on any atom is -0.484 e. The number of esters is 1. The van der Waals surface area contributed by atoms with Crippen LogP contribution in [0, 0.1) is 10.1 Å². The standard InChI is InChI=1S/C23H22IN3O7/c1-14(2)19(23(30)33-13-15-8-10-16(11-9-15)27(31)32)26-21(24)20(22(26)25-18(29)12-28)34-17-6-4-3-5-7-17/h3-12,19-22H,1,13H2,2H3,(H,25,29). The number of nitro groups is 1. The minimum atomic E-state index is -0.924. The highest BCUT2D eigenvalue weighted by Gasteiger charge is 2.55. The molecule has 1 aliphatic heterocycles. The number of hydrogen-bond donors (Lipinski definition) is 1. The van der Waals surface area contributed by atoms with Crippen molar-refractivity contribution in [2.75, 3.05) is 0 Å². The molecule has 1 aliphatic rings. The number of alkyl halides is 1. The molecule has 1 heterocycles. The average Bonchev–Trinajstić information content (AvgIpc) is 2.83. The number of nitro benzene ring substituents is 1. The van der Waals surface area contributed by atoms with Gasteiger partial charge in [-0.05, 0) is 36.8 Å². The number of carbonyl (C=O) groups is 3. The van der Waals surface area contributed by atoms with Gasteiger partial charge in [0.25, 0.3) is 11.6 Å². The van der Waals surface area contributed by atoms with Crippen LogP contribution in [-0.2, 0) is 25.7 Å². The molecule has 3 rings (SSSR count). The van der Waals surface area contributed by atoms with Crippen molar-refractivity contribution in [3.05, 3.63) is 82.4 Å². The van der Waals surface area contributed by atoms with Gasteiger partial charge in [0.2, 0.25) is 6.29 Å². The van der Waals surface area contributed by atoms with Gasteiger partial charge in [0.15, 0.2) is 6.10 Å². The summed E-state index contributed by atoms with van der Waals surface area (Å²) in [5.41, 5.74) is 0.977. The molecule has 1 amide bonds. The van der Waals surface area contributed by atoms with Crippen LogP contribution < -0.4 is 10.1 Å². The molecule has 0 aromatic heterocycles. The van der Waals surface area contributed by atoms with E-state index in [9.17, 15) is 24.5 Å². The number of halogens is 1. The van der Waals surface area contributed by atoms with E-state index in [4.69, 9.17) is 9.47 Å². The van der Waals surface area contributed by atoms with Crippen LogP contribution in [0.4, 0.5) is 5.69 Å². The van der Waals surface area contributed by atoms with Crippen LogP contribution >= 0.6 is 22.6 Å². The van der Waals surface area contributed by atoms with Gasteiger partial charge in [-0.1, -0.05) is 52.9 Å². The van der Waals surface area contributed by atoms with Crippen molar-refractivity contribution in [3.8, 4) is 5.75 Å². The third-order valence-corrected chi connectivity index (χ3v) is 6.47. The molecule has 4 unspecified atom stereocenters. The lowest BCUT2D eigenvalue weighted by Gasteiger charge is -2.54. The van der Waals surface area contributed by atoms with E-state index >= 15 is 0 Å². The van der Waals surface area contributed by atoms with E-state index in [-0.39, 0.29) is 22.6 Å². The zero-order chi connectivity index (χ0) is 24.8. The first-order valence-corrected chi connectivity index (χ1v) is 11.4. The molecule has 1 fully saturated rings. The maximum atomic E-state index is 13.0. The van der Waals surface area contributed by atoms with Crippen molar-refractivity contribution in [2.24, 2.45) is 0 Å². The van der Waals surface area contributed by atoms with E-state index in [0.717, 1.165) is 0 Å². The van der Waals surface area contributed by atoms with E-state index in [2.05, 4.69) is 34.5 Å². The van der Waals surface area contributed by atoms with Crippen LogP contribution in [0.1, 0.15) is 12.5 Å². The third kappa shape index (κ3) is 5.78. The predicted octanol–water partition coefficient (Wildman–Crippen LogP) is 2.75. The Labute approximate surface area is 209 Å². The van der Waals surface area contributed by atoms with Gasteiger partial charge in [-0.25, -0.2) is 9.69 Å². The number of nitrogens with one attached hydrogen (secondary N) is 1. The molecule has 0 radical (unpaired) electrons. The number of nitrogens with zero attached hydrogens (tertiary/aromatic N) is 2.